The van der Waals surface area contributed by atoms with Gasteiger partial charge >= 0.3 is 0 Å². The fraction of sp³-hybridized carbons (Fsp3) is 1.00. The van der Waals surface area contributed by atoms with Crippen molar-refractivity contribution in [2.45, 2.75) is 38.5 Å². The van der Waals surface area contributed by atoms with E-state index in [-0.39, 0.29) is 0 Å². The van der Waals surface area contributed by atoms with Crippen molar-refractivity contribution >= 4 is 0 Å². The second kappa shape index (κ2) is 1.74. The summed E-state index contributed by atoms with van der Waals surface area (Å²) in [4.78, 5) is 2.49. The average Bonchev–Trinajstić information content (AvgIpc) is 2.38. The van der Waals surface area contributed by atoms with Gasteiger partial charge in [-0.25, -0.2) is 0 Å². The third-order valence-electron chi connectivity index (χ3n) is 2.44. The Kier molecular flexibility index (Phi) is 1.15. The third kappa shape index (κ3) is 0.956. The van der Waals surface area contributed by atoms with Crippen LogP contribution in [0.15, 0.2) is 0 Å². The molecule has 2 rings (SSSR count). The van der Waals surface area contributed by atoms with Gasteiger partial charge in [-0.05, 0) is 20.8 Å². The van der Waals surface area contributed by atoms with Crippen molar-refractivity contribution in [1.29, 1.82) is 0 Å². The van der Waals surface area contributed by atoms with E-state index < -0.39 is 0 Å². The first-order valence-electron chi connectivity index (χ1n) is 3.98. The molecule has 2 aliphatic heterocycles. The van der Waals surface area contributed by atoms with Gasteiger partial charge in [-0.1, -0.05) is 0 Å². The Morgan fingerprint density at radius 3 is 2.00 bits per heavy atom. The Balaban J connectivity index is 1.97. The lowest BCUT2D eigenvalue weighted by Crippen LogP contribution is -2.41. The molecule has 2 heterocycles. The van der Waals surface area contributed by atoms with Crippen LogP contribution in [0.5, 0.6) is 0 Å². The molecule has 0 aromatic carbocycles. The lowest BCUT2D eigenvalue weighted by Gasteiger charge is -2.32. The van der Waals surface area contributed by atoms with Crippen molar-refractivity contribution in [1.82, 2.24) is 4.90 Å². The molecule has 0 radical (unpaired) electrons. The van der Waals surface area contributed by atoms with E-state index in [0.717, 1.165) is 13.1 Å². The zero-order valence-corrected chi connectivity index (χ0v) is 6.92. The van der Waals surface area contributed by atoms with Gasteiger partial charge in [-0.3, -0.25) is 4.90 Å². The number of likely N-dealkylation sites (tertiary alicyclic amines) is 1. The second-order valence-corrected chi connectivity index (χ2v) is 4.29. The third-order valence-corrected chi connectivity index (χ3v) is 2.44. The molecule has 2 fully saturated rings. The van der Waals surface area contributed by atoms with Crippen LogP contribution in [0, 0.1) is 0 Å². The predicted molar refractivity (Wildman–Crippen MR) is 40.0 cm³/mol. The smallest absolute Gasteiger partial charge is 0.0981 e. The molecule has 10 heavy (non-hydrogen) atoms. The molecule has 0 bridgehead atoms. The van der Waals surface area contributed by atoms with Crippen LogP contribution in [0.3, 0.4) is 0 Å². The summed E-state index contributed by atoms with van der Waals surface area (Å²) in [5, 5.41) is 0. The van der Waals surface area contributed by atoms with Gasteiger partial charge in [0.05, 0.1) is 12.2 Å². The molecule has 2 saturated heterocycles. The van der Waals surface area contributed by atoms with Crippen molar-refractivity contribution in [2.24, 2.45) is 0 Å². The molecular formula is C8H15NO. The van der Waals surface area contributed by atoms with E-state index in [9.17, 15) is 0 Å². The second-order valence-electron chi connectivity index (χ2n) is 4.29. The monoisotopic (exact) mass is 141 g/mol. The van der Waals surface area contributed by atoms with Gasteiger partial charge in [-0.2, -0.15) is 0 Å². The van der Waals surface area contributed by atoms with Gasteiger partial charge < -0.3 is 4.74 Å². The predicted octanol–water partition coefficient (Wildman–Crippen LogP) is 0.868. The number of fused-ring (bicyclic) bond motifs is 1. The summed E-state index contributed by atoms with van der Waals surface area (Å²) >= 11 is 0. The molecule has 2 aliphatic rings. The molecule has 0 saturated carbocycles. The van der Waals surface area contributed by atoms with Gasteiger partial charge in [0, 0.05) is 18.6 Å². The SMILES string of the molecule is CC(C)(C)N1CC2OC2C1. The summed E-state index contributed by atoms with van der Waals surface area (Å²) in [7, 11) is 0. The van der Waals surface area contributed by atoms with Crippen molar-refractivity contribution in [2.75, 3.05) is 13.1 Å². The van der Waals surface area contributed by atoms with Gasteiger partial charge in [0.2, 0.25) is 0 Å². The summed E-state index contributed by atoms with van der Waals surface area (Å²) in [5.41, 5.74) is 0.344. The quantitative estimate of drug-likeness (QED) is 0.465. The summed E-state index contributed by atoms with van der Waals surface area (Å²) in [6.45, 7) is 9.08. The number of nitrogens with zero attached hydrogens (tertiary/aromatic N) is 1. The first-order chi connectivity index (χ1) is 4.57. The first kappa shape index (κ1) is 6.62. The first-order valence-corrected chi connectivity index (χ1v) is 3.98. The molecule has 0 aliphatic carbocycles. The van der Waals surface area contributed by atoms with Crippen LogP contribution >= 0.6 is 0 Å². The van der Waals surface area contributed by atoms with Crippen LogP contribution in [0.2, 0.25) is 0 Å². The normalized spacial score (nSPS) is 39.9. The van der Waals surface area contributed by atoms with Crippen LogP contribution in [0.4, 0.5) is 0 Å². The van der Waals surface area contributed by atoms with Crippen molar-refractivity contribution < 1.29 is 4.74 Å². The van der Waals surface area contributed by atoms with E-state index in [0.29, 0.717) is 17.7 Å². The van der Waals surface area contributed by atoms with Crippen LogP contribution in [0.25, 0.3) is 0 Å². The van der Waals surface area contributed by atoms with E-state index in [1.165, 1.54) is 0 Å². The standard InChI is InChI=1S/C8H15NO/c1-8(2,3)9-4-6-7(5-9)10-6/h6-7H,4-5H2,1-3H3. The number of hydrogen-bond acceptors (Lipinski definition) is 2. The molecule has 2 heteroatoms. The van der Waals surface area contributed by atoms with Gasteiger partial charge in [-0.15, -0.1) is 0 Å². The highest BCUT2D eigenvalue weighted by molar-refractivity contribution is 5.00. The summed E-state index contributed by atoms with van der Waals surface area (Å²) < 4.78 is 5.34. The zero-order valence-electron chi connectivity index (χ0n) is 6.92. The topological polar surface area (TPSA) is 15.8 Å². The molecule has 2 nitrogen and oxygen atoms in total. The van der Waals surface area contributed by atoms with Crippen LogP contribution in [-0.2, 0) is 4.74 Å². The molecule has 2 atom stereocenters. The maximum atomic E-state index is 5.34. The molecule has 2 unspecified atom stereocenters. The molecule has 58 valence electrons. The number of morpholine rings is 1. The van der Waals surface area contributed by atoms with Crippen molar-refractivity contribution in [3.8, 4) is 0 Å². The number of hydrogen-bond donors (Lipinski definition) is 0. The Labute approximate surface area is 62.2 Å². The molecule has 0 spiro atoms. The van der Waals surface area contributed by atoms with E-state index in [1.54, 1.807) is 0 Å². The average molecular weight is 141 g/mol. The minimum absolute atomic E-state index is 0.344. The van der Waals surface area contributed by atoms with Crippen molar-refractivity contribution in [3.05, 3.63) is 0 Å². The van der Waals surface area contributed by atoms with Gasteiger partial charge in [0.25, 0.3) is 0 Å². The maximum absolute atomic E-state index is 5.34. The largest absolute Gasteiger partial charge is 0.367 e. The number of rotatable bonds is 0. The Morgan fingerprint density at radius 1 is 1.20 bits per heavy atom. The van der Waals surface area contributed by atoms with Crippen LogP contribution < -0.4 is 0 Å². The van der Waals surface area contributed by atoms with Gasteiger partial charge in [0.15, 0.2) is 0 Å². The fourth-order valence-electron chi connectivity index (χ4n) is 1.56. The number of ether oxygens (including phenoxy) is 1. The fourth-order valence-corrected chi connectivity index (χ4v) is 1.56. The van der Waals surface area contributed by atoms with Crippen LogP contribution in [0.1, 0.15) is 20.8 Å². The molecule has 0 N–H and O–H groups in total. The van der Waals surface area contributed by atoms with E-state index in [1.807, 2.05) is 0 Å². The summed E-state index contributed by atoms with van der Waals surface area (Å²) in [6.07, 6.45) is 1.17. The zero-order chi connectivity index (χ0) is 7.35. The van der Waals surface area contributed by atoms with E-state index in [2.05, 4.69) is 25.7 Å². The molecular weight excluding hydrogens is 126 g/mol. The lowest BCUT2D eigenvalue weighted by molar-refractivity contribution is 0.111. The highest BCUT2D eigenvalue weighted by atomic mass is 16.6. The molecule has 0 amide bonds. The van der Waals surface area contributed by atoms with E-state index >= 15 is 0 Å². The van der Waals surface area contributed by atoms with Crippen molar-refractivity contribution in [3.63, 3.8) is 0 Å². The maximum Gasteiger partial charge on any atom is 0.0981 e. The lowest BCUT2D eigenvalue weighted by atomic mass is 10.1. The molecule has 0 aromatic rings. The molecule has 0 aromatic heterocycles. The van der Waals surface area contributed by atoms with Crippen LogP contribution in [-0.4, -0.2) is 35.7 Å². The highest BCUT2D eigenvalue weighted by Crippen LogP contribution is 2.34. The van der Waals surface area contributed by atoms with Gasteiger partial charge in [0.1, 0.15) is 0 Å². The Morgan fingerprint density at radius 2 is 1.70 bits per heavy atom. The number of epoxide rings is 1. The summed E-state index contributed by atoms with van der Waals surface area (Å²) in [6, 6.07) is 0. The highest BCUT2D eigenvalue weighted by Gasteiger charge is 2.49. The Hall–Kier alpha value is -0.0800. The minimum atomic E-state index is 0.344. The summed E-state index contributed by atoms with van der Waals surface area (Å²) in [5.74, 6) is 0. The minimum Gasteiger partial charge on any atom is -0.367 e. The Bertz CT molecular complexity index is 140. The van der Waals surface area contributed by atoms with E-state index in [4.69, 9.17) is 4.74 Å².